The van der Waals surface area contributed by atoms with Gasteiger partial charge in [-0.3, -0.25) is 15.4 Å². The van der Waals surface area contributed by atoms with Crippen LogP contribution < -0.4 is 20.1 Å². The molecule has 0 radical (unpaired) electrons. The number of aromatic nitrogens is 1. The third kappa shape index (κ3) is 8.19. The summed E-state index contributed by atoms with van der Waals surface area (Å²) < 4.78 is 16.9. The predicted octanol–water partition coefficient (Wildman–Crippen LogP) is 7.45. The Balaban J connectivity index is 1.45. The van der Waals surface area contributed by atoms with Gasteiger partial charge in [-0.2, -0.15) is 0 Å². The van der Waals surface area contributed by atoms with Crippen molar-refractivity contribution in [3.8, 4) is 17.4 Å². The number of carbonyl (C=O) groups is 1. The topological polar surface area (TPSA) is 125 Å². The van der Waals surface area contributed by atoms with Crippen LogP contribution in [0.4, 0.5) is 27.5 Å². The van der Waals surface area contributed by atoms with E-state index in [0.29, 0.717) is 29.5 Å². The van der Waals surface area contributed by atoms with Gasteiger partial charge in [0.25, 0.3) is 0 Å². The van der Waals surface area contributed by atoms with Crippen LogP contribution in [0.5, 0.6) is 17.4 Å². The molecular formula is C29H28N4O6. The number of ether oxygens (including phenoxy) is 3. The highest BCUT2D eigenvalue weighted by molar-refractivity contribution is 5.85. The molecule has 4 aromatic rings. The van der Waals surface area contributed by atoms with Gasteiger partial charge in [0.1, 0.15) is 35.6 Å². The van der Waals surface area contributed by atoms with Crippen LogP contribution in [0.15, 0.2) is 91.1 Å². The average Bonchev–Trinajstić information content (AvgIpc) is 2.88. The molecule has 2 N–H and O–H groups in total. The summed E-state index contributed by atoms with van der Waals surface area (Å²) in [5.41, 5.74) is 1.46. The van der Waals surface area contributed by atoms with E-state index in [1.165, 1.54) is 6.07 Å². The van der Waals surface area contributed by atoms with Gasteiger partial charge in [-0.05, 0) is 62.7 Å². The van der Waals surface area contributed by atoms with Crippen molar-refractivity contribution < 1.29 is 23.9 Å². The molecule has 3 aromatic carbocycles. The van der Waals surface area contributed by atoms with Crippen LogP contribution in [0.2, 0.25) is 0 Å². The van der Waals surface area contributed by atoms with Gasteiger partial charge in [-0.25, -0.2) is 9.78 Å². The Morgan fingerprint density at radius 3 is 2.36 bits per heavy atom. The Bertz CT molecular complexity index is 1440. The van der Waals surface area contributed by atoms with Crippen LogP contribution >= 0.6 is 0 Å². The highest BCUT2D eigenvalue weighted by atomic mass is 16.6. The summed E-state index contributed by atoms with van der Waals surface area (Å²) in [7, 11) is 0. The minimum absolute atomic E-state index is 0.125. The van der Waals surface area contributed by atoms with Crippen LogP contribution in [0, 0.1) is 10.1 Å². The number of amides is 1. The van der Waals surface area contributed by atoms with Crippen molar-refractivity contribution in [1.82, 2.24) is 4.98 Å². The number of pyridine rings is 1. The van der Waals surface area contributed by atoms with E-state index in [4.69, 9.17) is 14.2 Å². The fourth-order valence-electron chi connectivity index (χ4n) is 3.44. The molecule has 0 aliphatic carbocycles. The van der Waals surface area contributed by atoms with Crippen molar-refractivity contribution in [2.75, 3.05) is 10.6 Å². The molecular weight excluding hydrogens is 500 g/mol. The van der Waals surface area contributed by atoms with Crippen LogP contribution in [0.25, 0.3) is 0 Å². The molecule has 10 nitrogen and oxygen atoms in total. The Morgan fingerprint density at radius 1 is 0.923 bits per heavy atom. The highest BCUT2D eigenvalue weighted by Gasteiger charge is 2.18. The number of nitro groups is 1. The third-order valence-corrected chi connectivity index (χ3v) is 5.14. The lowest BCUT2D eigenvalue weighted by Crippen LogP contribution is -2.27. The molecule has 0 spiro atoms. The lowest BCUT2D eigenvalue weighted by molar-refractivity contribution is -0.384. The molecule has 200 valence electrons. The zero-order valence-corrected chi connectivity index (χ0v) is 21.7. The molecule has 1 aromatic heterocycles. The maximum absolute atomic E-state index is 12.1. The first-order valence-corrected chi connectivity index (χ1v) is 12.1. The van der Waals surface area contributed by atoms with E-state index in [0.717, 1.165) is 11.8 Å². The van der Waals surface area contributed by atoms with Crippen LogP contribution in [0.1, 0.15) is 26.3 Å². The van der Waals surface area contributed by atoms with Gasteiger partial charge < -0.3 is 19.5 Å². The molecule has 0 bridgehead atoms. The van der Waals surface area contributed by atoms with Crippen LogP contribution in [-0.4, -0.2) is 21.6 Å². The molecule has 4 rings (SSSR count). The first-order valence-electron chi connectivity index (χ1n) is 12.1. The normalized spacial score (nSPS) is 10.8. The Labute approximate surface area is 225 Å². The van der Waals surface area contributed by atoms with Crippen molar-refractivity contribution >= 4 is 28.8 Å². The van der Waals surface area contributed by atoms with E-state index in [1.54, 1.807) is 69.3 Å². The van der Waals surface area contributed by atoms with Crippen LogP contribution in [-0.2, 0) is 11.3 Å². The van der Waals surface area contributed by atoms with Gasteiger partial charge in [0.15, 0.2) is 0 Å². The van der Waals surface area contributed by atoms with Gasteiger partial charge in [0, 0.05) is 23.5 Å². The average molecular weight is 529 g/mol. The summed E-state index contributed by atoms with van der Waals surface area (Å²) in [5.74, 6) is 1.16. The van der Waals surface area contributed by atoms with Crippen molar-refractivity contribution in [2.45, 2.75) is 33.0 Å². The lowest BCUT2D eigenvalue weighted by atomic mass is 10.2. The number of hydrogen-bond donors (Lipinski definition) is 2. The fourth-order valence-corrected chi connectivity index (χ4v) is 3.44. The Kier molecular flexibility index (Phi) is 8.25. The highest BCUT2D eigenvalue weighted by Crippen LogP contribution is 2.32. The molecule has 1 amide bonds. The molecule has 0 atom stereocenters. The van der Waals surface area contributed by atoms with Crippen molar-refractivity contribution in [1.29, 1.82) is 0 Å². The molecule has 0 saturated carbocycles. The van der Waals surface area contributed by atoms with E-state index >= 15 is 0 Å². The van der Waals surface area contributed by atoms with Gasteiger partial charge in [0.05, 0.1) is 4.92 Å². The second-order valence-electron chi connectivity index (χ2n) is 9.48. The van der Waals surface area contributed by atoms with Gasteiger partial charge >= 0.3 is 11.8 Å². The summed E-state index contributed by atoms with van der Waals surface area (Å²) in [6.07, 6.45) is 0.522. The first-order chi connectivity index (χ1) is 18.6. The summed E-state index contributed by atoms with van der Waals surface area (Å²) in [4.78, 5) is 27.2. The largest absolute Gasteiger partial charge is 0.489 e. The summed E-state index contributed by atoms with van der Waals surface area (Å²) in [5, 5.41) is 17.3. The minimum atomic E-state index is -0.639. The first kappa shape index (κ1) is 26.9. The molecule has 0 unspecified atom stereocenters. The monoisotopic (exact) mass is 528 g/mol. The predicted molar refractivity (Wildman–Crippen MR) is 148 cm³/mol. The van der Waals surface area contributed by atoms with Crippen molar-refractivity contribution in [2.24, 2.45) is 0 Å². The molecule has 39 heavy (non-hydrogen) atoms. The molecule has 0 aliphatic heterocycles. The summed E-state index contributed by atoms with van der Waals surface area (Å²) in [6.45, 7) is 5.74. The molecule has 10 heteroatoms. The van der Waals surface area contributed by atoms with Gasteiger partial charge in [-0.15, -0.1) is 0 Å². The summed E-state index contributed by atoms with van der Waals surface area (Å²) in [6, 6.07) is 24.9. The number of hydrogen-bond acceptors (Lipinski definition) is 8. The Morgan fingerprint density at radius 2 is 1.67 bits per heavy atom. The Hall–Kier alpha value is -5.12. The number of rotatable bonds is 9. The van der Waals surface area contributed by atoms with E-state index in [1.807, 2.05) is 30.3 Å². The van der Waals surface area contributed by atoms with E-state index in [2.05, 4.69) is 15.6 Å². The maximum atomic E-state index is 12.1. The zero-order chi connectivity index (χ0) is 27.8. The fraction of sp³-hybridized carbons (Fsp3) is 0.172. The van der Waals surface area contributed by atoms with E-state index in [9.17, 15) is 14.9 Å². The maximum Gasteiger partial charge on any atom is 0.412 e. The zero-order valence-electron chi connectivity index (χ0n) is 21.7. The number of nitrogens with one attached hydrogen (secondary N) is 2. The summed E-state index contributed by atoms with van der Waals surface area (Å²) >= 11 is 0. The van der Waals surface area contributed by atoms with Gasteiger partial charge in [0.2, 0.25) is 5.88 Å². The second-order valence-corrected chi connectivity index (χ2v) is 9.48. The smallest absolute Gasteiger partial charge is 0.412 e. The molecule has 0 aliphatic rings. The number of nitrogens with zero attached hydrogens (tertiary/aromatic N) is 2. The molecule has 0 saturated heterocycles. The second kappa shape index (κ2) is 12.0. The number of anilines is 3. The number of carbonyl (C=O) groups excluding carboxylic acids is 1. The number of benzene rings is 3. The van der Waals surface area contributed by atoms with E-state index < -0.39 is 16.6 Å². The lowest BCUT2D eigenvalue weighted by Gasteiger charge is -2.19. The molecule has 1 heterocycles. The SMILES string of the molecule is CC(C)(C)OC(=O)Nc1cccc(Oc2cc(Nc3ccc(OCc4ccccc4)cc3)c([N+](=O)[O-])cn2)c1. The van der Waals surface area contributed by atoms with Crippen LogP contribution in [0.3, 0.4) is 0 Å². The quantitative estimate of drug-likeness (QED) is 0.169. The van der Waals surface area contributed by atoms with Crippen molar-refractivity contribution in [3.63, 3.8) is 0 Å². The van der Waals surface area contributed by atoms with E-state index in [-0.39, 0.29) is 17.3 Å². The molecule has 0 fully saturated rings. The van der Waals surface area contributed by atoms with Gasteiger partial charge in [-0.1, -0.05) is 36.4 Å². The van der Waals surface area contributed by atoms with Crippen molar-refractivity contribution in [3.05, 3.63) is 107 Å². The third-order valence-electron chi connectivity index (χ3n) is 5.14. The minimum Gasteiger partial charge on any atom is -0.489 e. The standard InChI is InChI=1S/C29H28N4O6/c1-29(2,3)39-28(34)32-22-10-7-11-24(16-22)38-27-17-25(26(18-30-27)33(35)36)31-21-12-14-23(15-13-21)37-19-20-8-5-4-6-9-20/h4-18H,19H2,1-3H3,(H,30,31)(H,32,34).